The van der Waals surface area contributed by atoms with Crippen LogP contribution in [0.5, 0.6) is 0 Å². The summed E-state index contributed by atoms with van der Waals surface area (Å²) in [6, 6.07) is 13.4. The van der Waals surface area contributed by atoms with Gasteiger partial charge in [-0.1, -0.05) is 43.2 Å². The maximum absolute atomic E-state index is 5.79. The molecule has 3 fully saturated rings. The summed E-state index contributed by atoms with van der Waals surface area (Å²) >= 11 is 5.79. The fourth-order valence-electron chi connectivity index (χ4n) is 6.04. The zero-order chi connectivity index (χ0) is 25.5. The average Bonchev–Trinajstić information content (AvgIpc) is 3.23. The molecule has 200 valence electrons. The second-order valence-electron chi connectivity index (χ2n) is 10.9. The molecule has 0 bridgehead atoms. The first-order valence-electron chi connectivity index (χ1n) is 14.2. The van der Waals surface area contributed by atoms with Gasteiger partial charge in [-0.3, -0.25) is 0 Å². The largest absolute Gasteiger partial charge is 0.381 e. The van der Waals surface area contributed by atoms with E-state index < -0.39 is 0 Å². The Morgan fingerprint density at radius 2 is 1.68 bits per heavy atom. The third-order valence-electron chi connectivity index (χ3n) is 8.38. The molecule has 2 aromatic rings. The van der Waals surface area contributed by atoms with Gasteiger partial charge in [0.15, 0.2) is 5.11 Å². The molecule has 2 N–H and O–H groups in total. The Labute approximate surface area is 227 Å². The Morgan fingerprint density at radius 3 is 2.41 bits per heavy atom. The van der Waals surface area contributed by atoms with E-state index in [0.717, 1.165) is 63.9 Å². The third kappa shape index (κ3) is 6.52. The molecule has 5 rings (SSSR count). The summed E-state index contributed by atoms with van der Waals surface area (Å²) in [4.78, 5) is 14.8. The Kier molecular flexibility index (Phi) is 8.77. The smallest absolute Gasteiger partial charge is 0.232 e. The molecule has 8 heteroatoms. The van der Waals surface area contributed by atoms with Crippen LogP contribution in [0, 0.1) is 0 Å². The van der Waals surface area contributed by atoms with Crippen molar-refractivity contribution in [3.63, 3.8) is 0 Å². The highest BCUT2D eigenvalue weighted by Crippen LogP contribution is 2.34. The molecule has 0 spiro atoms. The van der Waals surface area contributed by atoms with Crippen LogP contribution in [0.15, 0.2) is 36.4 Å². The number of hydrogen-bond donors (Lipinski definition) is 2. The summed E-state index contributed by atoms with van der Waals surface area (Å²) < 4.78 is 5.70. The monoisotopic (exact) mass is 522 g/mol. The predicted molar refractivity (Wildman–Crippen MR) is 156 cm³/mol. The van der Waals surface area contributed by atoms with E-state index in [0.29, 0.717) is 17.1 Å². The molecule has 3 saturated heterocycles. The van der Waals surface area contributed by atoms with Crippen molar-refractivity contribution in [2.24, 2.45) is 0 Å². The van der Waals surface area contributed by atoms with Crippen molar-refractivity contribution < 1.29 is 4.74 Å². The minimum atomic E-state index is 0.00833. The highest BCUT2D eigenvalue weighted by Gasteiger charge is 2.34. The van der Waals surface area contributed by atoms with Gasteiger partial charge in [-0.25, -0.2) is 0 Å². The highest BCUT2D eigenvalue weighted by molar-refractivity contribution is 7.80. The lowest BCUT2D eigenvalue weighted by Gasteiger charge is -2.38. The molecule has 7 nitrogen and oxygen atoms in total. The van der Waals surface area contributed by atoms with Crippen molar-refractivity contribution in [3.8, 4) is 0 Å². The maximum atomic E-state index is 5.79. The van der Waals surface area contributed by atoms with Gasteiger partial charge in [0.1, 0.15) is 11.6 Å². The number of rotatable bonds is 6. The van der Waals surface area contributed by atoms with Crippen LogP contribution >= 0.6 is 12.2 Å². The fourth-order valence-corrected chi connectivity index (χ4v) is 6.21. The molecular weight excluding hydrogens is 480 g/mol. The van der Waals surface area contributed by atoms with Gasteiger partial charge >= 0.3 is 0 Å². The fraction of sp³-hybridized carbons (Fsp3) is 0.621. The molecule has 3 aliphatic rings. The number of ether oxygens (including phenoxy) is 1. The summed E-state index contributed by atoms with van der Waals surface area (Å²) in [5.74, 6) is 2.62. The third-order valence-corrected chi connectivity index (χ3v) is 8.62. The van der Waals surface area contributed by atoms with Crippen molar-refractivity contribution in [2.75, 3.05) is 54.5 Å². The van der Waals surface area contributed by atoms with Crippen molar-refractivity contribution >= 4 is 34.9 Å². The van der Waals surface area contributed by atoms with Gasteiger partial charge in [-0.2, -0.15) is 9.97 Å². The summed E-state index contributed by atoms with van der Waals surface area (Å²) in [5.41, 5.74) is 1.35. The zero-order valence-electron chi connectivity index (χ0n) is 22.3. The Morgan fingerprint density at radius 1 is 0.973 bits per heavy atom. The number of benzene rings is 1. The van der Waals surface area contributed by atoms with E-state index in [4.69, 9.17) is 26.9 Å². The van der Waals surface area contributed by atoms with Gasteiger partial charge in [0, 0.05) is 56.9 Å². The van der Waals surface area contributed by atoms with Crippen LogP contribution < -0.4 is 20.4 Å². The van der Waals surface area contributed by atoms with Gasteiger partial charge in [0.05, 0.1) is 0 Å². The lowest BCUT2D eigenvalue weighted by Crippen LogP contribution is -2.45. The molecule has 1 atom stereocenters. The first kappa shape index (κ1) is 26.2. The lowest BCUT2D eigenvalue weighted by molar-refractivity contribution is 0.0515. The predicted octanol–water partition coefficient (Wildman–Crippen LogP) is 5.27. The van der Waals surface area contributed by atoms with Gasteiger partial charge in [0.25, 0.3) is 0 Å². The van der Waals surface area contributed by atoms with E-state index in [2.05, 4.69) is 63.8 Å². The Balaban J connectivity index is 1.33. The molecule has 3 aliphatic heterocycles. The van der Waals surface area contributed by atoms with E-state index in [1.165, 1.54) is 50.5 Å². The normalized spacial score (nSPS) is 22.2. The summed E-state index contributed by atoms with van der Waals surface area (Å²) in [7, 11) is 0. The van der Waals surface area contributed by atoms with E-state index >= 15 is 0 Å². The molecule has 0 saturated carbocycles. The molecule has 0 unspecified atom stereocenters. The minimum absolute atomic E-state index is 0.00833. The van der Waals surface area contributed by atoms with Crippen molar-refractivity contribution in [1.29, 1.82) is 0 Å². The van der Waals surface area contributed by atoms with Gasteiger partial charge < -0.3 is 25.2 Å². The molecule has 1 aromatic carbocycles. The number of thiocarbonyl (C=S) groups is 1. The van der Waals surface area contributed by atoms with Crippen LogP contribution in [-0.4, -0.2) is 60.5 Å². The standard InChI is InChI=1S/C29H42N6OS/c1-23-11-7-10-18-35(23)26-21-25(34-16-8-2-3-9-17-34)31-27(32-26)33-28(37)30-22-29(14-19-36-20-15-29)24-12-5-4-6-13-24/h4-6,12-13,21,23H,2-3,7-11,14-20,22H2,1H3,(H2,30,31,32,33,37)/t23-/m1/s1. The van der Waals surface area contributed by atoms with Crippen LogP contribution in [0.1, 0.15) is 70.3 Å². The maximum Gasteiger partial charge on any atom is 0.232 e. The van der Waals surface area contributed by atoms with E-state index in [9.17, 15) is 0 Å². The number of aromatic nitrogens is 2. The van der Waals surface area contributed by atoms with E-state index in [-0.39, 0.29) is 5.41 Å². The molecule has 4 heterocycles. The van der Waals surface area contributed by atoms with Crippen LogP contribution in [-0.2, 0) is 10.2 Å². The van der Waals surface area contributed by atoms with Crippen molar-refractivity contribution in [3.05, 3.63) is 42.0 Å². The second-order valence-corrected chi connectivity index (χ2v) is 11.3. The minimum Gasteiger partial charge on any atom is -0.381 e. The highest BCUT2D eigenvalue weighted by atomic mass is 32.1. The SMILES string of the molecule is C[C@@H]1CCCCN1c1cc(N2CCCCCC2)nc(NC(=S)NCC2(c3ccccc3)CCOCC2)n1. The zero-order valence-corrected chi connectivity index (χ0v) is 23.1. The molecular formula is C29H42N6OS. The Bertz CT molecular complexity index is 1020. The molecule has 0 amide bonds. The molecule has 37 heavy (non-hydrogen) atoms. The molecule has 0 aliphatic carbocycles. The van der Waals surface area contributed by atoms with Crippen molar-refractivity contribution in [1.82, 2.24) is 15.3 Å². The van der Waals surface area contributed by atoms with Gasteiger partial charge in [-0.05, 0) is 69.7 Å². The molecule has 1 aromatic heterocycles. The lowest BCUT2D eigenvalue weighted by atomic mass is 9.74. The van der Waals surface area contributed by atoms with Gasteiger partial charge in [0.2, 0.25) is 5.95 Å². The van der Waals surface area contributed by atoms with Crippen LogP contribution in [0.2, 0.25) is 0 Å². The van der Waals surface area contributed by atoms with Crippen LogP contribution in [0.25, 0.3) is 0 Å². The topological polar surface area (TPSA) is 65.5 Å². The number of piperidine rings is 1. The van der Waals surface area contributed by atoms with E-state index in [1.807, 2.05) is 0 Å². The number of nitrogens with one attached hydrogen (secondary N) is 2. The number of nitrogens with zero attached hydrogens (tertiary/aromatic N) is 4. The number of anilines is 3. The number of hydrogen-bond acceptors (Lipinski definition) is 6. The summed E-state index contributed by atoms with van der Waals surface area (Å²) in [5, 5.41) is 7.44. The molecule has 0 radical (unpaired) electrons. The van der Waals surface area contributed by atoms with E-state index in [1.54, 1.807) is 0 Å². The first-order valence-corrected chi connectivity index (χ1v) is 14.6. The first-order chi connectivity index (χ1) is 18.1. The van der Waals surface area contributed by atoms with Crippen LogP contribution in [0.4, 0.5) is 17.6 Å². The summed E-state index contributed by atoms with van der Waals surface area (Å²) in [6.45, 7) is 7.76. The van der Waals surface area contributed by atoms with Gasteiger partial charge in [-0.15, -0.1) is 0 Å². The second kappa shape index (κ2) is 12.4. The quantitative estimate of drug-likeness (QED) is 0.498. The average molecular weight is 523 g/mol. The Hall–Kier alpha value is -2.45. The van der Waals surface area contributed by atoms with Crippen molar-refractivity contribution in [2.45, 2.75) is 76.2 Å². The summed E-state index contributed by atoms with van der Waals surface area (Å²) in [6.07, 6.45) is 10.7. The van der Waals surface area contributed by atoms with Crippen LogP contribution in [0.3, 0.4) is 0 Å².